The number of benzene rings is 1. The van der Waals surface area contributed by atoms with E-state index >= 15 is 0 Å². The lowest BCUT2D eigenvalue weighted by Gasteiger charge is -2.22. The fourth-order valence-corrected chi connectivity index (χ4v) is 5.34. The summed E-state index contributed by atoms with van der Waals surface area (Å²) in [6.45, 7) is 11.7. The average molecular weight is 495 g/mol. The third kappa shape index (κ3) is 8.17. The third-order valence-electron chi connectivity index (χ3n) is 7.59. The minimum absolute atomic E-state index is 0.0767. The number of hydrogen-bond donors (Lipinski definition) is 3. The molecule has 2 aliphatic carbocycles. The molecule has 0 radical (unpaired) electrons. The zero-order valence-electron chi connectivity index (χ0n) is 22.9. The number of nitrogens with zero attached hydrogens (tertiary/aromatic N) is 3. The molecule has 0 saturated heterocycles. The van der Waals surface area contributed by atoms with Gasteiger partial charge in [0.15, 0.2) is 5.78 Å². The molecule has 3 unspecified atom stereocenters. The van der Waals surface area contributed by atoms with Gasteiger partial charge in [0.2, 0.25) is 17.8 Å². The largest absolute Gasteiger partial charge is 0.354 e. The Balaban J connectivity index is 0.00000176. The van der Waals surface area contributed by atoms with E-state index in [9.17, 15) is 4.79 Å². The molecule has 1 aromatic heterocycles. The van der Waals surface area contributed by atoms with Crippen LogP contribution in [0.1, 0.15) is 102 Å². The normalized spacial score (nSPS) is 21.9. The van der Waals surface area contributed by atoms with Crippen LogP contribution in [0.2, 0.25) is 0 Å². The Hall–Kier alpha value is -2.70. The maximum atomic E-state index is 11.5. The fraction of sp³-hybridized carbons (Fsp3) is 0.655. The number of aromatic nitrogens is 3. The highest BCUT2D eigenvalue weighted by molar-refractivity contribution is 5.94. The summed E-state index contributed by atoms with van der Waals surface area (Å²) in [6.07, 6.45) is 10.2. The molecular weight excluding hydrogens is 448 g/mol. The molecule has 36 heavy (non-hydrogen) atoms. The number of ketones is 1. The maximum absolute atomic E-state index is 11.5. The summed E-state index contributed by atoms with van der Waals surface area (Å²) in [6, 6.07) is 8.06. The van der Waals surface area contributed by atoms with Crippen LogP contribution in [0.4, 0.5) is 17.8 Å². The maximum Gasteiger partial charge on any atom is 0.229 e. The van der Waals surface area contributed by atoms with Crippen molar-refractivity contribution in [3.8, 4) is 0 Å². The third-order valence-corrected chi connectivity index (χ3v) is 7.59. The van der Waals surface area contributed by atoms with E-state index in [2.05, 4.69) is 34.8 Å². The van der Waals surface area contributed by atoms with E-state index in [1.165, 1.54) is 51.4 Å². The number of anilines is 3. The van der Waals surface area contributed by atoms with Gasteiger partial charge in [-0.3, -0.25) is 4.79 Å². The number of rotatable bonds is 10. The second-order valence-corrected chi connectivity index (χ2v) is 10.3. The molecule has 7 heteroatoms. The van der Waals surface area contributed by atoms with Crippen LogP contribution in [0.15, 0.2) is 24.3 Å². The number of hydrogen-bond acceptors (Lipinski definition) is 7. The van der Waals surface area contributed by atoms with Crippen molar-refractivity contribution in [1.29, 1.82) is 0 Å². The van der Waals surface area contributed by atoms with Crippen molar-refractivity contribution in [2.45, 2.75) is 98.6 Å². The molecule has 0 amide bonds. The second-order valence-electron chi connectivity index (χ2n) is 10.3. The predicted octanol–water partition coefficient (Wildman–Crippen LogP) is 6.94. The van der Waals surface area contributed by atoms with Gasteiger partial charge < -0.3 is 16.0 Å². The van der Waals surface area contributed by atoms with Gasteiger partial charge in [-0.25, -0.2) is 0 Å². The summed E-state index contributed by atoms with van der Waals surface area (Å²) in [4.78, 5) is 25.6. The van der Waals surface area contributed by atoms with Crippen LogP contribution in [0.25, 0.3) is 0 Å². The first-order valence-electron chi connectivity index (χ1n) is 14.1. The van der Waals surface area contributed by atoms with Crippen LogP contribution < -0.4 is 16.0 Å². The Bertz CT molecular complexity index is 941. The van der Waals surface area contributed by atoms with Gasteiger partial charge in [-0.1, -0.05) is 77.6 Å². The number of nitrogens with one attached hydrogen (secondary N) is 3. The summed E-state index contributed by atoms with van der Waals surface area (Å²) in [7, 11) is 0. The fourth-order valence-electron chi connectivity index (χ4n) is 5.34. The van der Waals surface area contributed by atoms with Crippen molar-refractivity contribution in [3.05, 3.63) is 35.4 Å². The van der Waals surface area contributed by atoms with Crippen LogP contribution in [0.5, 0.6) is 0 Å². The lowest BCUT2D eigenvalue weighted by atomic mass is 9.89. The molecule has 0 bridgehead atoms. The molecule has 2 fully saturated rings. The van der Waals surface area contributed by atoms with Crippen molar-refractivity contribution in [2.75, 3.05) is 22.5 Å². The first-order valence-corrected chi connectivity index (χ1v) is 14.1. The molecule has 2 aliphatic rings. The van der Waals surface area contributed by atoms with E-state index in [1.54, 1.807) is 6.92 Å². The van der Waals surface area contributed by atoms with Crippen LogP contribution in [0.3, 0.4) is 0 Å². The highest BCUT2D eigenvalue weighted by atomic mass is 16.1. The van der Waals surface area contributed by atoms with E-state index in [0.717, 1.165) is 23.6 Å². The van der Waals surface area contributed by atoms with Gasteiger partial charge in [0.1, 0.15) is 0 Å². The lowest BCUT2D eigenvalue weighted by Crippen LogP contribution is -2.25. The molecule has 1 heterocycles. The van der Waals surface area contributed by atoms with E-state index in [0.29, 0.717) is 42.3 Å². The minimum atomic E-state index is 0.0767. The van der Waals surface area contributed by atoms with Gasteiger partial charge in [0.25, 0.3) is 0 Å². The molecule has 0 aliphatic heterocycles. The topological polar surface area (TPSA) is 91.8 Å². The first-order chi connectivity index (χ1) is 17.5. The summed E-state index contributed by atoms with van der Waals surface area (Å²) in [5.41, 5.74) is 1.80. The SMILES string of the molecule is CC.CCC1CC(C)C(Nc2nc(NCc3ccc(C(C)=O)cc3)nc(NCC3CCCCC3)n2)C1. The van der Waals surface area contributed by atoms with Gasteiger partial charge >= 0.3 is 0 Å². The molecule has 2 aromatic rings. The van der Waals surface area contributed by atoms with Crippen molar-refractivity contribution in [1.82, 2.24) is 15.0 Å². The highest BCUT2D eigenvalue weighted by Crippen LogP contribution is 2.34. The van der Waals surface area contributed by atoms with Gasteiger partial charge in [-0.15, -0.1) is 0 Å². The van der Waals surface area contributed by atoms with Crippen molar-refractivity contribution in [3.63, 3.8) is 0 Å². The van der Waals surface area contributed by atoms with Crippen LogP contribution in [-0.4, -0.2) is 33.3 Å². The Labute approximate surface area is 217 Å². The Morgan fingerprint density at radius 3 is 2.14 bits per heavy atom. The summed E-state index contributed by atoms with van der Waals surface area (Å²) < 4.78 is 0. The summed E-state index contributed by atoms with van der Waals surface area (Å²) in [5, 5.41) is 10.5. The minimum Gasteiger partial charge on any atom is -0.354 e. The Morgan fingerprint density at radius 1 is 0.889 bits per heavy atom. The highest BCUT2D eigenvalue weighted by Gasteiger charge is 2.30. The summed E-state index contributed by atoms with van der Waals surface area (Å²) >= 11 is 0. The molecule has 7 nitrogen and oxygen atoms in total. The van der Waals surface area contributed by atoms with Crippen LogP contribution in [-0.2, 0) is 6.54 Å². The molecule has 0 spiro atoms. The Kier molecular flexibility index (Phi) is 11.0. The molecule has 3 N–H and O–H groups in total. The zero-order valence-corrected chi connectivity index (χ0v) is 22.9. The molecule has 198 valence electrons. The van der Waals surface area contributed by atoms with Crippen molar-refractivity contribution < 1.29 is 4.79 Å². The number of carbonyl (C=O) groups excluding carboxylic acids is 1. The van der Waals surface area contributed by atoms with Crippen LogP contribution in [0, 0.1) is 17.8 Å². The van der Waals surface area contributed by atoms with Crippen molar-refractivity contribution in [2.24, 2.45) is 17.8 Å². The zero-order chi connectivity index (χ0) is 25.9. The number of Topliss-reactive ketones (excluding diaryl/α,β-unsaturated/α-hetero) is 1. The van der Waals surface area contributed by atoms with E-state index < -0.39 is 0 Å². The standard InChI is InChI=1S/C27H40N6O.C2H6/c1-4-20-14-18(2)24(15-20)30-27-32-25(28-16-21-8-6-5-7-9-21)31-26(33-27)29-17-22-10-12-23(13-11-22)19(3)34;1-2/h10-13,18,20-21,24H,4-9,14-17H2,1-3H3,(H3,28,29,30,31,32,33);1-2H3. The van der Waals surface area contributed by atoms with E-state index in [4.69, 9.17) is 9.97 Å². The lowest BCUT2D eigenvalue weighted by molar-refractivity contribution is 0.101. The smallest absolute Gasteiger partial charge is 0.229 e. The quantitative estimate of drug-likeness (QED) is 0.308. The predicted molar refractivity (Wildman–Crippen MR) is 150 cm³/mol. The molecule has 2 saturated carbocycles. The number of carbonyl (C=O) groups is 1. The van der Waals surface area contributed by atoms with Gasteiger partial charge in [0, 0.05) is 24.7 Å². The van der Waals surface area contributed by atoms with Gasteiger partial charge in [0.05, 0.1) is 0 Å². The van der Waals surface area contributed by atoms with Gasteiger partial charge in [-0.2, -0.15) is 15.0 Å². The monoisotopic (exact) mass is 494 g/mol. The molecular formula is C29H46N6O. The van der Waals surface area contributed by atoms with E-state index in [1.807, 2.05) is 38.1 Å². The summed E-state index contributed by atoms with van der Waals surface area (Å²) in [5.74, 6) is 3.99. The molecule has 3 atom stereocenters. The van der Waals surface area contributed by atoms with Crippen molar-refractivity contribution >= 4 is 23.6 Å². The van der Waals surface area contributed by atoms with Crippen LogP contribution >= 0.6 is 0 Å². The Morgan fingerprint density at radius 2 is 1.53 bits per heavy atom. The van der Waals surface area contributed by atoms with Gasteiger partial charge in [-0.05, 0) is 55.9 Å². The molecule has 1 aromatic carbocycles. The first kappa shape index (κ1) is 27.9. The van der Waals surface area contributed by atoms with E-state index in [-0.39, 0.29) is 5.78 Å². The second kappa shape index (κ2) is 14.1. The average Bonchev–Trinajstić information content (AvgIpc) is 3.27. The molecule has 4 rings (SSSR count).